The summed E-state index contributed by atoms with van der Waals surface area (Å²) in [4.78, 5) is 33.1. The molecule has 6 nitrogen and oxygen atoms in total. The minimum atomic E-state index is -0.800. The predicted molar refractivity (Wildman–Crippen MR) is 139 cm³/mol. The fourth-order valence-electron chi connectivity index (χ4n) is 4.02. The van der Waals surface area contributed by atoms with E-state index >= 15 is 0 Å². The Morgan fingerprint density at radius 2 is 1.44 bits per heavy atom. The summed E-state index contributed by atoms with van der Waals surface area (Å²) < 4.78 is 5.28. The van der Waals surface area contributed by atoms with E-state index in [-0.39, 0.29) is 24.8 Å². The number of pyridine rings is 1. The van der Waals surface area contributed by atoms with Gasteiger partial charge in [-0.15, -0.1) is 0 Å². The largest absolute Gasteiger partial charge is 0.497 e. The molecule has 0 aliphatic carbocycles. The first-order chi connectivity index (χ1) is 17.6. The quantitative estimate of drug-likeness (QED) is 0.357. The highest BCUT2D eigenvalue weighted by Gasteiger charge is 2.31. The van der Waals surface area contributed by atoms with Gasteiger partial charge in [-0.05, 0) is 46.5 Å². The van der Waals surface area contributed by atoms with Gasteiger partial charge in [0.15, 0.2) is 0 Å². The highest BCUT2D eigenvalue weighted by molar-refractivity contribution is 5.89. The Bertz CT molecular complexity index is 1250. The summed E-state index contributed by atoms with van der Waals surface area (Å²) in [6, 6.07) is 29.5. The van der Waals surface area contributed by atoms with Gasteiger partial charge < -0.3 is 15.0 Å². The molecule has 1 N–H and O–H groups in total. The molecule has 36 heavy (non-hydrogen) atoms. The van der Waals surface area contributed by atoms with E-state index in [4.69, 9.17) is 4.74 Å². The molecular weight excluding hydrogens is 450 g/mol. The summed E-state index contributed by atoms with van der Waals surface area (Å²) in [7, 11) is 1.61. The van der Waals surface area contributed by atoms with Gasteiger partial charge in [0, 0.05) is 25.5 Å². The summed E-state index contributed by atoms with van der Waals surface area (Å²) >= 11 is 0. The van der Waals surface area contributed by atoms with Crippen LogP contribution < -0.4 is 10.1 Å². The molecule has 1 atom stereocenters. The molecule has 4 rings (SSSR count). The van der Waals surface area contributed by atoms with Crippen LogP contribution in [0.1, 0.15) is 28.3 Å². The molecule has 0 radical (unpaired) electrons. The van der Waals surface area contributed by atoms with Gasteiger partial charge in [0.1, 0.15) is 11.8 Å². The number of rotatable bonds is 10. The fourth-order valence-corrected chi connectivity index (χ4v) is 4.02. The number of nitrogens with zero attached hydrogens (tertiary/aromatic N) is 2. The smallest absolute Gasteiger partial charge is 0.247 e. The van der Waals surface area contributed by atoms with Crippen LogP contribution in [0.2, 0.25) is 0 Å². The Morgan fingerprint density at radius 3 is 2.08 bits per heavy atom. The van der Waals surface area contributed by atoms with Crippen LogP contribution in [0, 0.1) is 0 Å². The first kappa shape index (κ1) is 24.7. The molecule has 6 heteroatoms. The lowest BCUT2D eigenvalue weighted by molar-refractivity contribution is -0.141. The van der Waals surface area contributed by atoms with Crippen molar-refractivity contribution in [3.63, 3.8) is 0 Å². The summed E-state index contributed by atoms with van der Waals surface area (Å²) in [5.74, 6) is 0.355. The van der Waals surface area contributed by atoms with Crippen LogP contribution in [0.15, 0.2) is 109 Å². The third kappa shape index (κ3) is 6.57. The second-order valence-corrected chi connectivity index (χ2v) is 8.42. The van der Waals surface area contributed by atoms with E-state index in [9.17, 15) is 9.59 Å². The van der Waals surface area contributed by atoms with Crippen molar-refractivity contribution in [1.82, 2.24) is 15.2 Å². The average Bonchev–Trinajstić information content (AvgIpc) is 2.93. The van der Waals surface area contributed by atoms with Gasteiger partial charge in [-0.2, -0.15) is 0 Å². The molecule has 0 fully saturated rings. The van der Waals surface area contributed by atoms with Crippen molar-refractivity contribution in [2.45, 2.75) is 25.6 Å². The maximum Gasteiger partial charge on any atom is 0.247 e. The van der Waals surface area contributed by atoms with Crippen LogP contribution in [0.3, 0.4) is 0 Å². The first-order valence-corrected chi connectivity index (χ1v) is 11.8. The van der Waals surface area contributed by atoms with E-state index in [1.165, 1.54) is 0 Å². The van der Waals surface area contributed by atoms with Gasteiger partial charge in [0.05, 0.1) is 13.5 Å². The van der Waals surface area contributed by atoms with E-state index in [1.807, 2.05) is 97.1 Å². The molecule has 1 aromatic heterocycles. The summed E-state index contributed by atoms with van der Waals surface area (Å²) in [5, 5.41) is 3.02. The zero-order chi connectivity index (χ0) is 25.2. The summed E-state index contributed by atoms with van der Waals surface area (Å²) in [5.41, 5.74) is 3.48. The van der Waals surface area contributed by atoms with Crippen molar-refractivity contribution in [2.75, 3.05) is 7.11 Å². The molecule has 0 spiro atoms. The topological polar surface area (TPSA) is 71.5 Å². The highest BCUT2D eigenvalue weighted by atomic mass is 16.5. The molecule has 0 saturated heterocycles. The van der Waals surface area contributed by atoms with Crippen molar-refractivity contribution >= 4 is 11.8 Å². The molecule has 4 aromatic rings. The van der Waals surface area contributed by atoms with Crippen LogP contribution in [0.5, 0.6) is 5.75 Å². The Kier molecular flexibility index (Phi) is 8.44. The number of ether oxygens (including phenoxy) is 1. The van der Waals surface area contributed by atoms with Crippen molar-refractivity contribution in [3.05, 3.63) is 132 Å². The molecule has 1 unspecified atom stereocenters. The molecule has 0 bridgehead atoms. The number of benzene rings is 3. The lowest BCUT2D eigenvalue weighted by atomic mass is 10.0. The number of hydrogen-bond donors (Lipinski definition) is 1. The van der Waals surface area contributed by atoms with E-state index in [1.54, 1.807) is 24.4 Å². The average molecular weight is 480 g/mol. The zero-order valence-electron chi connectivity index (χ0n) is 20.2. The second kappa shape index (κ2) is 12.3. The Balaban J connectivity index is 1.66. The Labute approximate surface area is 211 Å². The number of carbonyl (C=O) groups excluding carboxylic acids is 2. The number of aromatic nitrogens is 1. The molecule has 182 valence electrons. The maximum absolute atomic E-state index is 13.7. The standard InChI is InChI=1S/C30H29N3O3/c1-36-27-14-12-25(13-15-27)22-33(28(34)20-23-8-4-2-5-9-23)29(26-10-6-3-7-11-26)30(35)32-21-24-16-18-31-19-17-24/h2-19,29H,20-22H2,1H3,(H,32,35). The predicted octanol–water partition coefficient (Wildman–Crippen LogP) is 4.72. The molecule has 0 aliphatic heterocycles. The van der Waals surface area contributed by atoms with Crippen molar-refractivity contribution in [3.8, 4) is 5.75 Å². The van der Waals surface area contributed by atoms with E-state index in [2.05, 4.69) is 10.3 Å². The van der Waals surface area contributed by atoms with Gasteiger partial charge in [-0.25, -0.2) is 0 Å². The van der Waals surface area contributed by atoms with Crippen molar-refractivity contribution in [1.29, 1.82) is 0 Å². The molecule has 3 aromatic carbocycles. The SMILES string of the molecule is COc1ccc(CN(C(=O)Cc2ccccc2)C(C(=O)NCc2ccncc2)c2ccccc2)cc1. The van der Waals surface area contributed by atoms with Gasteiger partial charge in [-0.1, -0.05) is 72.8 Å². The lowest BCUT2D eigenvalue weighted by Crippen LogP contribution is -2.43. The number of methoxy groups -OCH3 is 1. The monoisotopic (exact) mass is 479 g/mol. The van der Waals surface area contributed by atoms with Gasteiger partial charge in [0.25, 0.3) is 0 Å². The van der Waals surface area contributed by atoms with Gasteiger partial charge in [-0.3, -0.25) is 14.6 Å². The third-order valence-electron chi connectivity index (χ3n) is 5.92. The van der Waals surface area contributed by atoms with Crippen LogP contribution >= 0.6 is 0 Å². The van der Waals surface area contributed by atoms with Crippen LogP contribution in [-0.4, -0.2) is 28.8 Å². The van der Waals surface area contributed by atoms with Crippen molar-refractivity contribution < 1.29 is 14.3 Å². The lowest BCUT2D eigenvalue weighted by Gasteiger charge is -2.32. The Morgan fingerprint density at radius 1 is 0.806 bits per heavy atom. The first-order valence-electron chi connectivity index (χ1n) is 11.8. The highest BCUT2D eigenvalue weighted by Crippen LogP contribution is 2.26. The summed E-state index contributed by atoms with van der Waals surface area (Å²) in [6.45, 7) is 0.617. The fraction of sp³-hybridized carbons (Fsp3) is 0.167. The number of hydrogen-bond acceptors (Lipinski definition) is 4. The normalized spacial score (nSPS) is 11.4. The van der Waals surface area contributed by atoms with Crippen LogP contribution in [-0.2, 0) is 29.1 Å². The molecule has 0 saturated carbocycles. The van der Waals surface area contributed by atoms with E-state index in [0.717, 1.165) is 28.0 Å². The molecule has 1 heterocycles. The van der Waals surface area contributed by atoms with E-state index in [0.29, 0.717) is 6.54 Å². The minimum Gasteiger partial charge on any atom is -0.497 e. The molecule has 0 aliphatic rings. The van der Waals surface area contributed by atoms with E-state index < -0.39 is 6.04 Å². The number of carbonyl (C=O) groups is 2. The van der Waals surface area contributed by atoms with Crippen LogP contribution in [0.4, 0.5) is 0 Å². The van der Waals surface area contributed by atoms with Gasteiger partial charge in [0.2, 0.25) is 11.8 Å². The van der Waals surface area contributed by atoms with Crippen molar-refractivity contribution in [2.24, 2.45) is 0 Å². The van der Waals surface area contributed by atoms with Crippen LogP contribution in [0.25, 0.3) is 0 Å². The second-order valence-electron chi connectivity index (χ2n) is 8.42. The minimum absolute atomic E-state index is 0.134. The van der Waals surface area contributed by atoms with Gasteiger partial charge >= 0.3 is 0 Å². The Hall–Kier alpha value is -4.45. The number of amides is 2. The molecular formula is C30H29N3O3. The summed E-state index contributed by atoms with van der Waals surface area (Å²) in [6.07, 6.45) is 3.57. The zero-order valence-corrected chi connectivity index (χ0v) is 20.2. The number of nitrogens with one attached hydrogen (secondary N) is 1. The maximum atomic E-state index is 13.7. The molecule has 2 amide bonds. The third-order valence-corrected chi connectivity index (χ3v) is 5.92.